The van der Waals surface area contributed by atoms with Gasteiger partial charge in [-0.15, -0.1) is 11.3 Å². The van der Waals surface area contributed by atoms with E-state index in [1.165, 1.54) is 16.9 Å². The minimum absolute atomic E-state index is 0.0489. The van der Waals surface area contributed by atoms with E-state index in [0.717, 1.165) is 49.3 Å². The fourth-order valence-corrected chi connectivity index (χ4v) is 4.24. The summed E-state index contributed by atoms with van der Waals surface area (Å²) in [6.07, 6.45) is 3.55. The van der Waals surface area contributed by atoms with Crippen LogP contribution in [0.1, 0.15) is 40.6 Å². The third kappa shape index (κ3) is 5.51. The average Bonchev–Trinajstić information content (AvgIpc) is 3.10. The van der Waals surface area contributed by atoms with E-state index < -0.39 is 0 Å². The molecule has 1 amide bonds. The van der Waals surface area contributed by atoms with Crippen LogP contribution in [0, 0.1) is 0 Å². The van der Waals surface area contributed by atoms with Crippen molar-refractivity contribution in [3.05, 3.63) is 57.8 Å². The Hall–Kier alpha value is -1.98. The molecule has 1 atom stereocenters. The summed E-state index contributed by atoms with van der Waals surface area (Å²) in [5.74, 6) is 0.107. The highest BCUT2D eigenvalue weighted by Crippen LogP contribution is 2.16. The summed E-state index contributed by atoms with van der Waals surface area (Å²) < 4.78 is 0. The third-order valence-electron chi connectivity index (χ3n) is 4.80. The van der Waals surface area contributed by atoms with Crippen molar-refractivity contribution < 1.29 is 9.59 Å². The Morgan fingerprint density at radius 2 is 2.04 bits per heavy atom. The van der Waals surface area contributed by atoms with Crippen molar-refractivity contribution in [2.75, 3.05) is 19.6 Å². The van der Waals surface area contributed by atoms with Crippen LogP contribution in [0.2, 0.25) is 0 Å². The molecular formula is C21H26N2O2S. The Balaban J connectivity index is 1.45. The summed E-state index contributed by atoms with van der Waals surface area (Å²) in [5.41, 5.74) is 2.28. The van der Waals surface area contributed by atoms with Crippen LogP contribution in [0.25, 0.3) is 0 Å². The molecule has 1 aromatic carbocycles. The number of piperidine rings is 1. The van der Waals surface area contributed by atoms with Crippen LogP contribution in [0.15, 0.2) is 41.8 Å². The first-order valence-electron chi connectivity index (χ1n) is 9.24. The molecule has 0 bridgehead atoms. The largest absolute Gasteiger partial charge is 0.352 e. The average molecular weight is 371 g/mol. The first-order valence-corrected chi connectivity index (χ1v) is 10.1. The fraction of sp³-hybridized carbons (Fsp3) is 0.429. The van der Waals surface area contributed by atoms with E-state index in [-0.39, 0.29) is 17.7 Å². The Kier molecular flexibility index (Phi) is 6.58. The van der Waals surface area contributed by atoms with Crippen LogP contribution in [-0.2, 0) is 17.6 Å². The molecule has 0 aliphatic carbocycles. The highest BCUT2D eigenvalue weighted by molar-refractivity contribution is 7.12. The van der Waals surface area contributed by atoms with Crippen molar-refractivity contribution in [2.24, 2.45) is 0 Å². The van der Waals surface area contributed by atoms with Gasteiger partial charge in [-0.2, -0.15) is 0 Å². The number of rotatable bonds is 7. The van der Waals surface area contributed by atoms with Gasteiger partial charge in [0.25, 0.3) is 0 Å². The number of hydrogen-bond acceptors (Lipinski definition) is 4. The quantitative estimate of drug-likeness (QED) is 0.761. The topological polar surface area (TPSA) is 49.4 Å². The van der Waals surface area contributed by atoms with E-state index in [2.05, 4.69) is 34.5 Å². The molecule has 0 unspecified atom stereocenters. The molecule has 1 aliphatic heterocycles. The predicted molar refractivity (Wildman–Crippen MR) is 106 cm³/mol. The lowest BCUT2D eigenvalue weighted by Crippen LogP contribution is -2.48. The molecule has 1 aromatic heterocycles. The molecule has 0 radical (unpaired) electrons. The third-order valence-corrected chi connectivity index (χ3v) is 5.88. The van der Waals surface area contributed by atoms with Crippen molar-refractivity contribution in [1.82, 2.24) is 10.2 Å². The van der Waals surface area contributed by atoms with Crippen molar-refractivity contribution in [1.29, 1.82) is 0 Å². The molecule has 0 saturated carbocycles. The number of thiophene rings is 1. The molecule has 2 aromatic rings. The summed E-state index contributed by atoms with van der Waals surface area (Å²) in [5, 5.41) is 5.08. The van der Waals surface area contributed by atoms with Gasteiger partial charge < -0.3 is 10.2 Å². The first kappa shape index (κ1) is 18.8. The number of likely N-dealkylation sites (tertiary alicyclic amines) is 1. The molecule has 1 N–H and O–H groups in total. The van der Waals surface area contributed by atoms with E-state index in [0.29, 0.717) is 6.42 Å². The second-order valence-electron chi connectivity index (χ2n) is 7.00. The van der Waals surface area contributed by atoms with Crippen molar-refractivity contribution >= 4 is 23.0 Å². The molecule has 5 heteroatoms. The minimum Gasteiger partial charge on any atom is -0.352 e. The van der Waals surface area contributed by atoms with Gasteiger partial charge in [0, 0.05) is 19.1 Å². The van der Waals surface area contributed by atoms with Crippen LogP contribution in [0.3, 0.4) is 0 Å². The van der Waals surface area contributed by atoms with Crippen LogP contribution in [0.5, 0.6) is 0 Å². The first-order chi connectivity index (χ1) is 12.6. The maximum atomic E-state index is 12.3. The van der Waals surface area contributed by atoms with E-state index in [1.807, 2.05) is 17.5 Å². The van der Waals surface area contributed by atoms with Gasteiger partial charge in [-0.05, 0) is 55.3 Å². The summed E-state index contributed by atoms with van der Waals surface area (Å²) in [6, 6.07) is 12.6. The number of carbonyl (C=O) groups is 2. The van der Waals surface area contributed by atoms with Gasteiger partial charge in [-0.25, -0.2) is 0 Å². The molecule has 3 rings (SSSR count). The standard InChI is InChI=1S/C21H26N2O2S/c1-16(24)20-12-18(15-26-20)13-21(25)22-19-8-5-10-23(14-19)11-9-17-6-3-2-4-7-17/h2-4,6-7,12,15,19H,5,8-11,13-14H2,1H3,(H,22,25)/t19-/m1/s1. The normalized spacial score (nSPS) is 17.8. The summed E-state index contributed by atoms with van der Waals surface area (Å²) >= 11 is 1.41. The summed E-state index contributed by atoms with van der Waals surface area (Å²) in [6.45, 7) is 4.61. The molecule has 2 heterocycles. The van der Waals surface area contributed by atoms with Crippen molar-refractivity contribution in [2.45, 2.75) is 38.6 Å². The minimum atomic E-state index is 0.0489. The Bertz CT molecular complexity index is 741. The van der Waals surface area contributed by atoms with E-state index >= 15 is 0 Å². The van der Waals surface area contributed by atoms with E-state index in [4.69, 9.17) is 0 Å². The number of Topliss-reactive ketones (excluding diaryl/α,β-unsaturated/α-hetero) is 1. The van der Waals surface area contributed by atoms with Crippen LogP contribution in [-0.4, -0.2) is 42.3 Å². The number of benzene rings is 1. The molecule has 1 aliphatic rings. The lowest BCUT2D eigenvalue weighted by Gasteiger charge is -2.33. The maximum Gasteiger partial charge on any atom is 0.224 e. The summed E-state index contributed by atoms with van der Waals surface area (Å²) in [4.78, 5) is 26.9. The van der Waals surface area contributed by atoms with Gasteiger partial charge in [0.2, 0.25) is 5.91 Å². The number of amides is 1. The van der Waals surface area contributed by atoms with Gasteiger partial charge in [0.15, 0.2) is 5.78 Å². The van der Waals surface area contributed by atoms with E-state index in [9.17, 15) is 9.59 Å². The fourth-order valence-electron chi connectivity index (χ4n) is 3.43. The summed E-state index contributed by atoms with van der Waals surface area (Å²) in [7, 11) is 0. The smallest absolute Gasteiger partial charge is 0.224 e. The Morgan fingerprint density at radius 3 is 2.77 bits per heavy atom. The monoisotopic (exact) mass is 370 g/mol. The maximum absolute atomic E-state index is 12.3. The predicted octanol–water partition coefficient (Wildman–Crippen LogP) is 3.32. The highest BCUT2D eigenvalue weighted by Gasteiger charge is 2.21. The molecule has 1 saturated heterocycles. The molecule has 138 valence electrons. The van der Waals surface area contributed by atoms with Gasteiger partial charge in [-0.3, -0.25) is 9.59 Å². The lowest BCUT2D eigenvalue weighted by atomic mass is 10.0. The van der Waals surface area contributed by atoms with Crippen LogP contribution < -0.4 is 5.32 Å². The Morgan fingerprint density at radius 1 is 1.23 bits per heavy atom. The second kappa shape index (κ2) is 9.10. The zero-order valence-corrected chi connectivity index (χ0v) is 16.1. The Labute approximate surface area is 159 Å². The SMILES string of the molecule is CC(=O)c1cc(CC(=O)N[C@@H]2CCCN(CCc3ccccc3)C2)cs1. The highest BCUT2D eigenvalue weighted by atomic mass is 32.1. The number of ketones is 1. The van der Waals surface area contributed by atoms with Crippen LogP contribution in [0.4, 0.5) is 0 Å². The van der Waals surface area contributed by atoms with Gasteiger partial charge in [-0.1, -0.05) is 30.3 Å². The number of nitrogens with one attached hydrogen (secondary N) is 1. The number of hydrogen-bond donors (Lipinski definition) is 1. The molecule has 26 heavy (non-hydrogen) atoms. The van der Waals surface area contributed by atoms with E-state index in [1.54, 1.807) is 6.92 Å². The van der Waals surface area contributed by atoms with Crippen molar-refractivity contribution in [3.63, 3.8) is 0 Å². The van der Waals surface area contributed by atoms with Crippen molar-refractivity contribution in [3.8, 4) is 0 Å². The van der Waals surface area contributed by atoms with Gasteiger partial charge in [0.1, 0.15) is 0 Å². The molecule has 1 fully saturated rings. The molecule has 4 nitrogen and oxygen atoms in total. The molecule has 0 spiro atoms. The second-order valence-corrected chi connectivity index (χ2v) is 7.91. The van der Waals surface area contributed by atoms with Gasteiger partial charge in [0.05, 0.1) is 11.3 Å². The van der Waals surface area contributed by atoms with Gasteiger partial charge >= 0.3 is 0 Å². The lowest BCUT2D eigenvalue weighted by molar-refractivity contribution is -0.121. The molecular weight excluding hydrogens is 344 g/mol. The number of carbonyl (C=O) groups excluding carboxylic acids is 2. The van der Waals surface area contributed by atoms with Crippen LogP contribution >= 0.6 is 11.3 Å². The zero-order valence-electron chi connectivity index (χ0n) is 15.2. The number of nitrogens with zero attached hydrogens (tertiary/aromatic N) is 1. The zero-order chi connectivity index (χ0) is 18.4.